The van der Waals surface area contributed by atoms with Crippen molar-refractivity contribution in [2.45, 2.75) is 39.8 Å². The number of benzene rings is 3. The highest BCUT2D eigenvalue weighted by Crippen LogP contribution is 2.39. The van der Waals surface area contributed by atoms with Crippen molar-refractivity contribution >= 4 is 11.7 Å². The number of para-hydroxylation sites is 1. The van der Waals surface area contributed by atoms with Crippen LogP contribution in [0.25, 0.3) is 11.5 Å². The highest BCUT2D eigenvalue weighted by Gasteiger charge is 2.36. The molecule has 2 aromatic heterocycles. The Bertz CT molecular complexity index is 1680. The average Bonchev–Trinajstić information content (AvgIpc) is 3.57. The lowest BCUT2D eigenvalue weighted by atomic mass is 10.0. The van der Waals surface area contributed by atoms with Crippen LogP contribution in [0, 0.1) is 13.8 Å². The fourth-order valence-electron chi connectivity index (χ4n) is 5.58. The molecule has 0 aliphatic carbocycles. The van der Waals surface area contributed by atoms with Crippen molar-refractivity contribution in [1.29, 1.82) is 0 Å². The Morgan fingerprint density at radius 1 is 1.00 bits per heavy atom. The molecule has 1 aliphatic heterocycles. The van der Waals surface area contributed by atoms with Crippen LogP contribution in [-0.4, -0.2) is 32.4 Å². The number of methoxy groups -OCH3 is 1. The zero-order valence-electron chi connectivity index (χ0n) is 23.3. The van der Waals surface area contributed by atoms with Gasteiger partial charge in [0.05, 0.1) is 36.8 Å². The molecule has 1 aliphatic rings. The van der Waals surface area contributed by atoms with Crippen LogP contribution in [0.2, 0.25) is 0 Å². The van der Waals surface area contributed by atoms with Gasteiger partial charge in [-0.25, -0.2) is 9.48 Å². The summed E-state index contributed by atoms with van der Waals surface area (Å²) >= 11 is 0. The van der Waals surface area contributed by atoms with Gasteiger partial charge in [0.15, 0.2) is 0 Å². The van der Waals surface area contributed by atoms with Crippen molar-refractivity contribution in [2.75, 3.05) is 12.4 Å². The number of carbonyl (C=O) groups is 1. The van der Waals surface area contributed by atoms with Crippen molar-refractivity contribution in [3.63, 3.8) is 0 Å². The molecule has 0 bridgehead atoms. The number of nitrogens with one attached hydrogen (secondary N) is 1. The van der Waals surface area contributed by atoms with E-state index >= 15 is 0 Å². The third-order valence-corrected chi connectivity index (χ3v) is 7.82. The number of rotatable bonds is 5. The minimum absolute atomic E-state index is 0.170. The predicted octanol–water partition coefficient (Wildman–Crippen LogP) is 6.99. The highest BCUT2D eigenvalue weighted by atomic mass is 16.5. The second-order valence-corrected chi connectivity index (χ2v) is 10.1. The first kappa shape index (κ1) is 25.5. The van der Waals surface area contributed by atoms with Gasteiger partial charge in [-0.15, -0.1) is 0 Å². The van der Waals surface area contributed by atoms with Crippen molar-refractivity contribution in [1.82, 2.24) is 19.2 Å². The summed E-state index contributed by atoms with van der Waals surface area (Å²) in [6.45, 7) is 6.60. The topological polar surface area (TPSA) is 64.3 Å². The van der Waals surface area contributed by atoms with E-state index in [0.717, 1.165) is 63.0 Å². The average molecular weight is 532 g/mol. The van der Waals surface area contributed by atoms with Gasteiger partial charge in [0, 0.05) is 17.4 Å². The number of urea groups is 1. The minimum atomic E-state index is -0.364. The van der Waals surface area contributed by atoms with Crippen LogP contribution in [0.3, 0.4) is 0 Å². The number of ether oxygens (including phenoxy) is 1. The van der Waals surface area contributed by atoms with Crippen LogP contribution < -0.4 is 10.1 Å². The first-order valence-corrected chi connectivity index (χ1v) is 13.6. The van der Waals surface area contributed by atoms with E-state index < -0.39 is 0 Å². The number of amides is 2. The minimum Gasteiger partial charge on any atom is -0.497 e. The molecular weight excluding hydrogens is 498 g/mol. The number of anilines is 1. The maximum atomic E-state index is 14.3. The maximum Gasteiger partial charge on any atom is 0.322 e. The summed E-state index contributed by atoms with van der Waals surface area (Å²) < 4.78 is 9.78. The third-order valence-electron chi connectivity index (χ3n) is 7.82. The van der Waals surface area contributed by atoms with Gasteiger partial charge in [-0.05, 0) is 79.4 Å². The third kappa shape index (κ3) is 4.33. The first-order chi connectivity index (χ1) is 19.5. The zero-order valence-corrected chi connectivity index (χ0v) is 23.3. The van der Waals surface area contributed by atoms with Gasteiger partial charge < -0.3 is 19.5 Å². The van der Waals surface area contributed by atoms with Crippen molar-refractivity contribution in [3.8, 4) is 17.3 Å². The fraction of sp³-hybridized carbons (Fsp3) is 0.212. The Morgan fingerprint density at radius 3 is 2.58 bits per heavy atom. The molecule has 3 aromatic carbocycles. The van der Waals surface area contributed by atoms with Crippen molar-refractivity contribution in [3.05, 3.63) is 125 Å². The van der Waals surface area contributed by atoms with E-state index in [9.17, 15) is 4.79 Å². The maximum absolute atomic E-state index is 14.3. The van der Waals surface area contributed by atoms with E-state index in [0.29, 0.717) is 6.54 Å². The molecule has 0 radical (unpaired) electrons. The second-order valence-electron chi connectivity index (χ2n) is 10.1. The molecule has 0 unspecified atom stereocenters. The molecule has 0 saturated heterocycles. The number of aromatic nitrogens is 3. The Hall–Kier alpha value is -4.78. The lowest BCUT2D eigenvalue weighted by Crippen LogP contribution is -2.38. The number of aryl methyl sites for hydroxylation is 2. The normalized spacial score (nSPS) is 14.3. The molecule has 202 valence electrons. The highest BCUT2D eigenvalue weighted by molar-refractivity contribution is 5.91. The molecule has 0 saturated carbocycles. The van der Waals surface area contributed by atoms with Crippen LogP contribution in [0.5, 0.6) is 5.75 Å². The van der Waals surface area contributed by atoms with Gasteiger partial charge in [0.2, 0.25) is 0 Å². The van der Waals surface area contributed by atoms with Crippen LogP contribution in [0.15, 0.2) is 91.1 Å². The van der Waals surface area contributed by atoms with E-state index in [4.69, 9.17) is 9.84 Å². The Balaban J connectivity index is 1.56. The van der Waals surface area contributed by atoms with E-state index in [1.165, 1.54) is 0 Å². The summed E-state index contributed by atoms with van der Waals surface area (Å²) in [6.07, 6.45) is 2.81. The molecule has 40 heavy (non-hydrogen) atoms. The summed E-state index contributed by atoms with van der Waals surface area (Å²) in [5.41, 5.74) is 7.92. The van der Waals surface area contributed by atoms with Gasteiger partial charge in [-0.3, -0.25) is 0 Å². The molecule has 7 nitrogen and oxygen atoms in total. The number of hydrogen-bond acceptors (Lipinski definition) is 3. The molecule has 0 spiro atoms. The van der Waals surface area contributed by atoms with Crippen molar-refractivity contribution < 1.29 is 9.53 Å². The van der Waals surface area contributed by atoms with Gasteiger partial charge in [0.25, 0.3) is 0 Å². The van der Waals surface area contributed by atoms with Crippen molar-refractivity contribution in [2.24, 2.45) is 0 Å². The van der Waals surface area contributed by atoms with E-state index in [-0.39, 0.29) is 12.1 Å². The zero-order chi connectivity index (χ0) is 27.8. The Kier molecular flexibility index (Phi) is 6.64. The summed E-state index contributed by atoms with van der Waals surface area (Å²) in [4.78, 5) is 16.2. The summed E-state index contributed by atoms with van der Waals surface area (Å²) in [6, 6.07) is 27.7. The molecule has 2 amide bonds. The molecule has 7 heteroatoms. The van der Waals surface area contributed by atoms with Crippen LogP contribution in [-0.2, 0) is 13.0 Å². The monoisotopic (exact) mass is 531 g/mol. The molecule has 0 fully saturated rings. The number of carbonyl (C=O) groups excluding carboxylic acids is 1. The molecule has 1 N–H and O–H groups in total. The molecule has 5 aromatic rings. The van der Waals surface area contributed by atoms with E-state index in [2.05, 4.69) is 60.3 Å². The van der Waals surface area contributed by atoms with Crippen LogP contribution >= 0.6 is 0 Å². The Morgan fingerprint density at radius 2 is 1.80 bits per heavy atom. The summed E-state index contributed by atoms with van der Waals surface area (Å²) in [5.74, 6) is 1.70. The van der Waals surface area contributed by atoms with Crippen LogP contribution in [0.4, 0.5) is 10.5 Å². The molecule has 1 atom stereocenters. The van der Waals surface area contributed by atoms with Gasteiger partial charge in [-0.1, -0.05) is 49.4 Å². The number of hydrogen-bond donors (Lipinski definition) is 1. The molecule has 6 rings (SSSR count). The second kappa shape index (κ2) is 10.4. The van der Waals surface area contributed by atoms with Gasteiger partial charge >= 0.3 is 6.03 Å². The van der Waals surface area contributed by atoms with Crippen LogP contribution in [0.1, 0.15) is 46.6 Å². The van der Waals surface area contributed by atoms with Gasteiger partial charge in [0.1, 0.15) is 11.6 Å². The summed E-state index contributed by atoms with van der Waals surface area (Å²) in [5, 5.41) is 8.27. The fourth-order valence-corrected chi connectivity index (χ4v) is 5.58. The lowest BCUT2D eigenvalue weighted by Gasteiger charge is -2.31. The smallest absolute Gasteiger partial charge is 0.322 e. The first-order valence-electron chi connectivity index (χ1n) is 13.6. The standard InChI is InChI=1S/C33H33N5O2/c1-5-28-27-21-37(33(39)34-29-17-9-12-22(2)23(29)3)31(24-13-10-16-26(20-24)40-4)30-18-11-19-36(30)32(27)38(35-28)25-14-7-6-8-15-25/h6-20,31H,5,21H2,1-4H3,(H,34,39)/t31-/m1/s1. The lowest BCUT2D eigenvalue weighted by molar-refractivity contribution is 0.194. The van der Waals surface area contributed by atoms with E-state index in [1.54, 1.807) is 7.11 Å². The largest absolute Gasteiger partial charge is 0.497 e. The van der Waals surface area contributed by atoms with E-state index in [1.807, 2.05) is 71.1 Å². The SMILES string of the molecule is CCc1nn(-c2ccccc2)c2c1CN(C(=O)Nc1cccc(C)c1C)[C@H](c1cccc(OC)c1)c1cccn1-2. The number of fused-ring (bicyclic) bond motifs is 3. The van der Waals surface area contributed by atoms with Gasteiger partial charge in [-0.2, -0.15) is 5.10 Å². The predicted molar refractivity (Wildman–Crippen MR) is 158 cm³/mol. The molecule has 3 heterocycles. The quantitative estimate of drug-likeness (QED) is 0.266. The molecular formula is C33H33N5O2. The number of nitrogens with zero attached hydrogens (tertiary/aromatic N) is 4. The summed E-state index contributed by atoms with van der Waals surface area (Å²) in [7, 11) is 1.66. The Labute approximate surface area is 234 Å².